The minimum absolute atomic E-state index is 0.0333. The summed E-state index contributed by atoms with van der Waals surface area (Å²) >= 11 is 0. The first-order valence-electron chi connectivity index (χ1n) is 9.16. The van der Waals surface area contributed by atoms with Crippen molar-refractivity contribution < 1.29 is 21.6 Å². The molecular weight excluding hydrogens is 388 g/mol. The van der Waals surface area contributed by atoms with Crippen LogP contribution in [0.1, 0.15) is 44.7 Å². The van der Waals surface area contributed by atoms with Crippen molar-refractivity contribution in [1.29, 1.82) is 0 Å². The minimum Gasteiger partial charge on any atom is -0.349 e. The van der Waals surface area contributed by atoms with Gasteiger partial charge in [0.25, 0.3) is 0 Å². The van der Waals surface area contributed by atoms with Gasteiger partial charge in [0.05, 0.1) is 22.6 Å². The summed E-state index contributed by atoms with van der Waals surface area (Å²) in [5.74, 6) is -0.500. The first kappa shape index (κ1) is 21.8. The van der Waals surface area contributed by atoms with Gasteiger partial charge < -0.3 is 5.32 Å². The van der Waals surface area contributed by atoms with Gasteiger partial charge in [0.2, 0.25) is 15.9 Å². The molecule has 7 nitrogen and oxygen atoms in total. The maximum absolute atomic E-state index is 12.7. The van der Waals surface area contributed by atoms with Crippen LogP contribution >= 0.6 is 0 Å². The number of sulfone groups is 1. The molecule has 27 heavy (non-hydrogen) atoms. The van der Waals surface area contributed by atoms with Crippen LogP contribution in [-0.2, 0) is 24.7 Å². The van der Waals surface area contributed by atoms with E-state index in [1.54, 1.807) is 19.1 Å². The van der Waals surface area contributed by atoms with Crippen molar-refractivity contribution in [2.75, 3.05) is 25.1 Å². The summed E-state index contributed by atoms with van der Waals surface area (Å²) in [4.78, 5) is 12.9. The molecule has 1 aromatic carbocycles. The van der Waals surface area contributed by atoms with Crippen molar-refractivity contribution in [1.82, 2.24) is 9.62 Å². The Morgan fingerprint density at radius 2 is 1.81 bits per heavy atom. The van der Waals surface area contributed by atoms with Crippen LogP contribution < -0.4 is 5.32 Å². The molecule has 0 aliphatic carbocycles. The van der Waals surface area contributed by atoms with Gasteiger partial charge in [0.15, 0.2) is 9.84 Å². The van der Waals surface area contributed by atoms with Crippen LogP contribution in [0.4, 0.5) is 0 Å². The number of sulfonamides is 1. The standard InChI is InChI=1S/C18H28N2O5S2/c1-4-17(14-8-10-16(11-9-14)26(3,22)23)19-18(21)15-7-6-12-20(13-15)27(24,25)5-2/h8-11,15,17H,4-7,12-13H2,1-3H3,(H,19,21)/t15-,17+/m0/s1. The molecule has 1 aliphatic heterocycles. The fourth-order valence-corrected chi connectivity index (χ4v) is 5.06. The Morgan fingerprint density at radius 3 is 2.33 bits per heavy atom. The molecule has 0 spiro atoms. The number of benzene rings is 1. The van der Waals surface area contributed by atoms with E-state index in [0.717, 1.165) is 11.8 Å². The van der Waals surface area contributed by atoms with Crippen molar-refractivity contribution >= 4 is 25.8 Å². The van der Waals surface area contributed by atoms with E-state index in [2.05, 4.69) is 5.32 Å². The van der Waals surface area contributed by atoms with Gasteiger partial charge in [-0.1, -0.05) is 19.1 Å². The molecule has 0 bridgehead atoms. The van der Waals surface area contributed by atoms with Crippen LogP contribution in [0.15, 0.2) is 29.2 Å². The third kappa shape index (κ3) is 5.52. The van der Waals surface area contributed by atoms with Gasteiger partial charge in [-0.15, -0.1) is 0 Å². The average Bonchev–Trinajstić information content (AvgIpc) is 2.65. The van der Waals surface area contributed by atoms with Gasteiger partial charge in [0, 0.05) is 19.3 Å². The van der Waals surface area contributed by atoms with E-state index < -0.39 is 19.9 Å². The van der Waals surface area contributed by atoms with Crippen LogP contribution in [0.3, 0.4) is 0 Å². The molecule has 1 heterocycles. The van der Waals surface area contributed by atoms with Crippen molar-refractivity contribution in [3.63, 3.8) is 0 Å². The molecule has 152 valence electrons. The lowest BCUT2D eigenvalue weighted by Gasteiger charge is -2.32. The van der Waals surface area contributed by atoms with Crippen LogP contribution in [0.5, 0.6) is 0 Å². The molecule has 0 radical (unpaired) electrons. The van der Waals surface area contributed by atoms with E-state index in [9.17, 15) is 21.6 Å². The first-order valence-corrected chi connectivity index (χ1v) is 12.7. The number of hydrogen-bond donors (Lipinski definition) is 1. The highest BCUT2D eigenvalue weighted by Crippen LogP contribution is 2.23. The molecule has 1 saturated heterocycles. The first-order chi connectivity index (χ1) is 12.6. The number of carbonyl (C=O) groups excluding carboxylic acids is 1. The van der Waals surface area contributed by atoms with Gasteiger partial charge in [-0.2, -0.15) is 0 Å². The minimum atomic E-state index is -3.30. The number of nitrogens with one attached hydrogen (secondary N) is 1. The Balaban J connectivity index is 2.08. The number of nitrogens with zero attached hydrogens (tertiary/aromatic N) is 1. The van der Waals surface area contributed by atoms with Crippen molar-refractivity contribution in [2.45, 2.75) is 44.0 Å². The molecule has 1 fully saturated rings. The second-order valence-electron chi connectivity index (χ2n) is 6.91. The lowest BCUT2D eigenvalue weighted by molar-refractivity contribution is -0.126. The molecule has 0 unspecified atom stereocenters. The Bertz CT molecular complexity index is 864. The molecule has 1 N–H and O–H groups in total. The molecule has 2 atom stereocenters. The van der Waals surface area contributed by atoms with E-state index in [1.165, 1.54) is 16.4 Å². The van der Waals surface area contributed by atoms with Crippen LogP contribution in [0, 0.1) is 5.92 Å². The fraction of sp³-hybridized carbons (Fsp3) is 0.611. The maximum Gasteiger partial charge on any atom is 0.224 e. The number of rotatable bonds is 7. The Morgan fingerprint density at radius 1 is 1.19 bits per heavy atom. The third-order valence-corrected chi connectivity index (χ3v) is 7.92. The van der Waals surface area contributed by atoms with Gasteiger partial charge in [-0.05, 0) is 43.9 Å². The second-order valence-corrected chi connectivity index (χ2v) is 11.2. The third-order valence-electron chi connectivity index (χ3n) is 4.95. The summed E-state index contributed by atoms with van der Waals surface area (Å²) in [6.45, 7) is 4.21. The maximum atomic E-state index is 12.7. The van der Waals surface area contributed by atoms with E-state index >= 15 is 0 Å². The molecular formula is C18H28N2O5S2. The predicted molar refractivity (Wildman–Crippen MR) is 104 cm³/mol. The van der Waals surface area contributed by atoms with Crippen molar-refractivity contribution in [3.05, 3.63) is 29.8 Å². The molecule has 9 heteroatoms. The summed E-state index contributed by atoms with van der Waals surface area (Å²) in [5.41, 5.74) is 0.826. The molecule has 1 amide bonds. The summed E-state index contributed by atoms with van der Waals surface area (Å²) in [5, 5.41) is 2.99. The summed E-state index contributed by atoms with van der Waals surface area (Å²) in [6.07, 6.45) is 3.12. The van der Waals surface area contributed by atoms with E-state index in [1.807, 2.05) is 6.92 Å². The molecule has 1 aliphatic rings. The quantitative estimate of drug-likeness (QED) is 0.729. The number of hydrogen-bond acceptors (Lipinski definition) is 5. The van der Waals surface area contributed by atoms with Crippen LogP contribution in [0.2, 0.25) is 0 Å². The van der Waals surface area contributed by atoms with Gasteiger partial charge in [-0.3, -0.25) is 4.79 Å². The lowest BCUT2D eigenvalue weighted by atomic mass is 9.97. The SMILES string of the molecule is CC[C@@H](NC(=O)[C@H]1CCCN(S(=O)(=O)CC)C1)c1ccc(S(C)(=O)=O)cc1. The van der Waals surface area contributed by atoms with Gasteiger partial charge in [-0.25, -0.2) is 21.1 Å². The number of piperidine rings is 1. The van der Waals surface area contributed by atoms with Gasteiger partial charge >= 0.3 is 0 Å². The Kier molecular flexibility index (Phi) is 7.04. The molecule has 1 aromatic rings. The average molecular weight is 417 g/mol. The van der Waals surface area contributed by atoms with Crippen LogP contribution in [0.25, 0.3) is 0 Å². The highest BCUT2D eigenvalue weighted by atomic mass is 32.2. The lowest BCUT2D eigenvalue weighted by Crippen LogP contribution is -2.46. The zero-order valence-corrected chi connectivity index (χ0v) is 17.6. The largest absolute Gasteiger partial charge is 0.349 e. The second kappa shape index (κ2) is 8.70. The highest BCUT2D eigenvalue weighted by molar-refractivity contribution is 7.90. The molecule has 0 saturated carbocycles. The van der Waals surface area contributed by atoms with Gasteiger partial charge in [0.1, 0.15) is 0 Å². The normalized spacial score (nSPS) is 20.2. The smallest absolute Gasteiger partial charge is 0.224 e. The summed E-state index contributed by atoms with van der Waals surface area (Å²) < 4.78 is 48.7. The number of carbonyl (C=O) groups is 1. The van der Waals surface area contributed by atoms with E-state index in [4.69, 9.17) is 0 Å². The van der Waals surface area contributed by atoms with E-state index in [-0.39, 0.29) is 35.1 Å². The predicted octanol–water partition coefficient (Wildman–Crippen LogP) is 1.72. The summed E-state index contributed by atoms with van der Waals surface area (Å²) in [6, 6.07) is 6.24. The Hall–Kier alpha value is -1.45. The molecule has 0 aromatic heterocycles. The number of amides is 1. The monoisotopic (exact) mass is 416 g/mol. The zero-order chi connectivity index (χ0) is 20.2. The van der Waals surface area contributed by atoms with Crippen LogP contribution in [-0.4, -0.2) is 52.1 Å². The van der Waals surface area contributed by atoms with E-state index in [0.29, 0.717) is 25.8 Å². The van der Waals surface area contributed by atoms with Crippen molar-refractivity contribution in [2.24, 2.45) is 5.92 Å². The van der Waals surface area contributed by atoms with Crippen molar-refractivity contribution in [3.8, 4) is 0 Å². The Labute approximate surface area is 162 Å². The topological polar surface area (TPSA) is 101 Å². The molecule has 2 rings (SSSR count). The fourth-order valence-electron chi connectivity index (χ4n) is 3.25. The zero-order valence-electron chi connectivity index (χ0n) is 16.0. The highest BCUT2D eigenvalue weighted by Gasteiger charge is 2.32. The summed E-state index contributed by atoms with van der Waals surface area (Å²) in [7, 11) is -6.56.